The zero-order chi connectivity index (χ0) is 22.7. The van der Waals surface area contributed by atoms with Crippen LogP contribution in [0.2, 0.25) is 5.02 Å². The zero-order valence-electron chi connectivity index (χ0n) is 17.7. The Morgan fingerprint density at radius 1 is 1.22 bits per heavy atom. The van der Waals surface area contributed by atoms with Gasteiger partial charge in [-0.2, -0.15) is 0 Å². The minimum atomic E-state index is -0.112. The van der Waals surface area contributed by atoms with Crippen molar-refractivity contribution in [3.63, 3.8) is 0 Å². The van der Waals surface area contributed by atoms with E-state index in [1.54, 1.807) is 53.6 Å². The van der Waals surface area contributed by atoms with Gasteiger partial charge < -0.3 is 5.32 Å². The molecule has 1 amide bonds. The van der Waals surface area contributed by atoms with Gasteiger partial charge in [-0.3, -0.25) is 4.79 Å². The molecule has 0 bridgehead atoms. The third kappa shape index (κ3) is 5.51. The van der Waals surface area contributed by atoms with E-state index in [0.717, 1.165) is 16.4 Å². The van der Waals surface area contributed by atoms with E-state index in [4.69, 9.17) is 21.6 Å². The van der Waals surface area contributed by atoms with Crippen LogP contribution in [0.15, 0.2) is 51.3 Å². The lowest BCUT2D eigenvalue weighted by molar-refractivity contribution is -0.113. The number of nitrogens with one attached hydrogen (secondary N) is 1. The van der Waals surface area contributed by atoms with Crippen LogP contribution in [-0.2, 0) is 4.79 Å². The minimum absolute atomic E-state index is 0.112. The molecule has 0 spiro atoms. The molecule has 1 N–H and O–H groups in total. The molecule has 10 heteroatoms. The lowest BCUT2D eigenvalue weighted by Gasteiger charge is -2.15. The monoisotopic (exact) mass is 520 g/mol. The van der Waals surface area contributed by atoms with Crippen molar-refractivity contribution in [1.29, 1.82) is 0 Å². The van der Waals surface area contributed by atoms with Crippen molar-refractivity contribution in [2.45, 2.75) is 24.3 Å². The van der Waals surface area contributed by atoms with Crippen molar-refractivity contribution in [1.82, 2.24) is 15.0 Å². The fourth-order valence-corrected chi connectivity index (χ4v) is 7.60. The van der Waals surface area contributed by atoms with Crippen molar-refractivity contribution in [2.75, 3.05) is 17.3 Å². The average Bonchev–Trinajstić information content (AvgIpc) is 3.36. The SMILES string of the molecule is CSC1=C(c2ccnc(SCC(=O)Nc3ccc(Cl)cc3)n2)C(C)C(c2nc(C)cs2)S1. The molecule has 0 saturated heterocycles. The highest BCUT2D eigenvalue weighted by molar-refractivity contribution is 8.22. The molecule has 166 valence electrons. The van der Waals surface area contributed by atoms with Gasteiger partial charge in [-0.15, -0.1) is 34.9 Å². The third-order valence-electron chi connectivity index (χ3n) is 4.80. The van der Waals surface area contributed by atoms with E-state index in [0.29, 0.717) is 21.1 Å². The standard InChI is InChI=1S/C22H21ClN4OS4/c1-12-10-30-20(25-12)19-13(2)18(21(29-3)32-19)16-8-9-24-22(27-16)31-11-17(28)26-15-6-4-14(23)5-7-15/h4-10,13,19H,11H2,1-3H3,(H,26,28). The summed E-state index contributed by atoms with van der Waals surface area (Å²) in [5.41, 5.74) is 3.93. The van der Waals surface area contributed by atoms with Crippen LogP contribution in [-0.4, -0.2) is 32.9 Å². The number of benzene rings is 1. The molecule has 32 heavy (non-hydrogen) atoms. The Balaban J connectivity index is 1.45. The number of hydrogen-bond acceptors (Lipinski definition) is 8. The Labute approximate surface area is 209 Å². The van der Waals surface area contributed by atoms with Gasteiger partial charge in [0.1, 0.15) is 5.01 Å². The van der Waals surface area contributed by atoms with Gasteiger partial charge in [-0.25, -0.2) is 15.0 Å². The van der Waals surface area contributed by atoms with Crippen LogP contribution in [0, 0.1) is 12.8 Å². The first-order valence-corrected chi connectivity index (χ1v) is 14.2. The highest BCUT2D eigenvalue weighted by Crippen LogP contribution is 2.57. The summed E-state index contributed by atoms with van der Waals surface area (Å²) in [5, 5.41) is 7.64. The first-order chi connectivity index (χ1) is 15.4. The van der Waals surface area contributed by atoms with Gasteiger partial charge >= 0.3 is 0 Å². The Morgan fingerprint density at radius 3 is 2.69 bits per heavy atom. The van der Waals surface area contributed by atoms with Crippen LogP contribution in [0.25, 0.3) is 5.57 Å². The quantitative estimate of drug-likeness (QED) is 0.272. The molecule has 2 aromatic heterocycles. The Bertz CT molecular complexity index is 1150. The van der Waals surface area contributed by atoms with Crippen molar-refractivity contribution < 1.29 is 4.79 Å². The lowest BCUT2D eigenvalue weighted by Crippen LogP contribution is -2.14. The van der Waals surface area contributed by atoms with Gasteiger partial charge in [-0.1, -0.05) is 30.3 Å². The maximum absolute atomic E-state index is 12.3. The van der Waals surface area contributed by atoms with Crippen LogP contribution < -0.4 is 5.32 Å². The second-order valence-corrected chi connectivity index (χ2v) is 11.6. The van der Waals surface area contributed by atoms with Crippen LogP contribution >= 0.6 is 58.2 Å². The lowest BCUT2D eigenvalue weighted by atomic mass is 9.96. The molecule has 1 aromatic carbocycles. The fourth-order valence-electron chi connectivity index (χ4n) is 3.30. The molecule has 2 unspecified atom stereocenters. The molecule has 0 aliphatic carbocycles. The smallest absolute Gasteiger partial charge is 0.234 e. The Hall–Kier alpha value is -1.52. The topological polar surface area (TPSA) is 67.8 Å². The van der Waals surface area contributed by atoms with Crippen molar-refractivity contribution >= 4 is 75.4 Å². The van der Waals surface area contributed by atoms with Gasteiger partial charge in [0.25, 0.3) is 0 Å². The van der Waals surface area contributed by atoms with E-state index < -0.39 is 0 Å². The Kier molecular flexibility index (Phi) is 7.83. The number of thiazole rings is 1. The number of hydrogen-bond donors (Lipinski definition) is 1. The van der Waals surface area contributed by atoms with Gasteiger partial charge in [0, 0.05) is 43.7 Å². The second kappa shape index (κ2) is 10.6. The van der Waals surface area contributed by atoms with Crippen molar-refractivity contribution in [3.8, 4) is 0 Å². The van der Waals surface area contributed by atoms with Crippen LogP contribution in [0.3, 0.4) is 0 Å². The van der Waals surface area contributed by atoms with Crippen LogP contribution in [0.4, 0.5) is 5.69 Å². The molecule has 2 atom stereocenters. The van der Waals surface area contributed by atoms with Crippen LogP contribution in [0.1, 0.15) is 28.6 Å². The van der Waals surface area contributed by atoms with Gasteiger partial charge in [0.15, 0.2) is 5.16 Å². The molecule has 0 radical (unpaired) electrons. The number of aryl methyl sites for hydroxylation is 1. The molecule has 4 rings (SSSR count). The minimum Gasteiger partial charge on any atom is -0.325 e. The van der Waals surface area contributed by atoms with E-state index in [1.165, 1.54) is 21.6 Å². The number of thioether (sulfide) groups is 3. The first-order valence-electron chi connectivity index (χ1n) is 9.83. The summed E-state index contributed by atoms with van der Waals surface area (Å²) in [6, 6.07) is 9.00. The van der Waals surface area contributed by atoms with Gasteiger partial charge in [-0.05, 0) is 43.5 Å². The van der Waals surface area contributed by atoms with E-state index in [9.17, 15) is 4.79 Å². The number of aromatic nitrogens is 3. The Morgan fingerprint density at radius 2 is 2.00 bits per heavy atom. The first kappa shape index (κ1) is 23.6. The predicted octanol–water partition coefficient (Wildman–Crippen LogP) is 6.78. The zero-order valence-corrected chi connectivity index (χ0v) is 21.7. The number of rotatable bonds is 7. The largest absolute Gasteiger partial charge is 0.325 e. The molecular formula is C22H21ClN4OS4. The maximum Gasteiger partial charge on any atom is 0.234 e. The molecule has 1 aliphatic rings. The third-order valence-corrected chi connectivity index (χ3v) is 9.81. The molecule has 0 saturated carbocycles. The number of anilines is 1. The van der Waals surface area contributed by atoms with Crippen LogP contribution in [0.5, 0.6) is 0 Å². The number of amides is 1. The second-order valence-electron chi connectivity index (χ2n) is 7.13. The summed E-state index contributed by atoms with van der Waals surface area (Å²) in [6.45, 7) is 4.27. The summed E-state index contributed by atoms with van der Waals surface area (Å²) in [7, 11) is 0. The normalized spacial score (nSPS) is 18.2. The molecule has 3 heterocycles. The molecule has 1 aliphatic heterocycles. The predicted molar refractivity (Wildman–Crippen MR) is 140 cm³/mol. The van der Waals surface area contributed by atoms with E-state index in [1.807, 2.05) is 24.8 Å². The fraction of sp³-hybridized carbons (Fsp3) is 0.273. The molecule has 3 aromatic rings. The molecular weight excluding hydrogens is 500 g/mol. The highest BCUT2D eigenvalue weighted by Gasteiger charge is 2.36. The van der Waals surface area contributed by atoms with Crippen molar-refractivity contribution in [2.24, 2.45) is 5.92 Å². The van der Waals surface area contributed by atoms with E-state index >= 15 is 0 Å². The average molecular weight is 521 g/mol. The number of carbonyl (C=O) groups is 1. The number of nitrogens with zero attached hydrogens (tertiary/aromatic N) is 3. The molecule has 0 fully saturated rings. The highest BCUT2D eigenvalue weighted by atomic mass is 35.5. The summed E-state index contributed by atoms with van der Waals surface area (Å²) in [5.74, 6) is 0.402. The summed E-state index contributed by atoms with van der Waals surface area (Å²) < 4.78 is 1.27. The summed E-state index contributed by atoms with van der Waals surface area (Å²) in [4.78, 5) is 26.2. The maximum atomic E-state index is 12.3. The summed E-state index contributed by atoms with van der Waals surface area (Å²) >= 11 is 12.6. The van der Waals surface area contributed by atoms with Gasteiger partial charge in [0.2, 0.25) is 5.91 Å². The van der Waals surface area contributed by atoms with Gasteiger partial charge in [0.05, 0.1) is 16.7 Å². The van der Waals surface area contributed by atoms with E-state index in [-0.39, 0.29) is 17.6 Å². The number of allylic oxidation sites excluding steroid dienone is 1. The van der Waals surface area contributed by atoms with Crippen molar-refractivity contribution in [3.05, 3.63) is 67.6 Å². The van der Waals surface area contributed by atoms with E-state index in [2.05, 4.69) is 28.9 Å². The number of halogens is 1. The summed E-state index contributed by atoms with van der Waals surface area (Å²) in [6.07, 6.45) is 3.87. The number of carbonyl (C=O) groups excluding carboxylic acids is 1. The molecule has 5 nitrogen and oxygen atoms in total.